The van der Waals surface area contributed by atoms with Crippen LogP contribution in [0.1, 0.15) is 31.7 Å². The first-order chi connectivity index (χ1) is 13.4. The van der Waals surface area contributed by atoms with E-state index in [2.05, 4.69) is 20.9 Å². The van der Waals surface area contributed by atoms with E-state index in [-0.39, 0.29) is 23.6 Å². The molecule has 0 aromatic heterocycles. The van der Waals surface area contributed by atoms with Crippen molar-refractivity contribution in [1.29, 1.82) is 0 Å². The molecule has 0 aliphatic carbocycles. The number of sulfone groups is 1. The number of likely N-dealkylation sites (tertiary alicyclic amines) is 1. The normalized spacial score (nSPS) is 21.5. The number of urea groups is 1. The zero-order valence-electron chi connectivity index (χ0n) is 16.3. The highest BCUT2D eigenvalue weighted by molar-refractivity contribution is 7.91. The van der Waals surface area contributed by atoms with Gasteiger partial charge in [-0.15, -0.1) is 0 Å². The number of guanidine groups is 1. The molecule has 3 N–H and O–H groups in total. The van der Waals surface area contributed by atoms with Gasteiger partial charge in [0, 0.05) is 31.4 Å². The fraction of sp³-hybridized carbons (Fsp3) is 0.579. The van der Waals surface area contributed by atoms with Crippen LogP contribution in [0.4, 0.5) is 10.5 Å². The molecule has 2 heterocycles. The Balaban J connectivity index is 1.59. The van der Waals surface area contributed by atoms with Crippen LogP contribution >= 0.6 is 0 Å². The molecular formula is C19H29N5O3S. The van der Waals surface area contributed by atoms with Crippen molar-refractivity contribution in [3.8, 4) is 0 Å². The Labute approximate surface area is 166 Å². The van der Waals surface area contributed by atoms with Gasteiger partial charge in [0.05, 0.1) is 18.1 Å². The molecule has 3 rings (SSSR count). The van der Waals surface area contributed by atoms with Crippen molar-refractivity contribution in [3.05, 3.63) is 29.8 Å². The van der Waals surface area contributed by atoms with Crippen molar-refractivity contribution in [3.63, 3.8) is 0 Å². The molecule has 0 radical (unpaired) electrons. The minimum Gasteiger partial charge on any atom is -0.357 e. The monoisotopic (exact) mass is 407 g/mol. The van der Waals surface area contributed by atoms with Gasteiger partial charge in [0.1, 0.15) is 0 Å². The molecule has 1 aromatic carbocycles. The maximum absolute atomic E-state index is 12.2. The van der Waals surface area contributed by atoms with Gasteiger partial charge in [-0.3, -0.25) is 0 Å². The molecule has 8 nitrogen and oxygen atoms in total. The highest BCUT2D eigenvalue weighted by atomic mass is 32.2. The lowest BCUT2D eigenvalue weighted by Crippen LogP contribution is -2.44. The number of anilines is 1. The van der Waals surface area contributed by atoms with E-state index in [9.17, 15) is 13.2 Å². The molecule has 0 spiro atoms. The minimum absolute atomic E-state index is 0.0596. The number of nitrogens with one attached hydrogen (secondary N) is 3. The second-order valence-corrected chi connectivity index (χ2v) is 9.49. The van der Waals surface area contributed by atoms with Crippen molar-refractivity contribution < 1.29 is 13.2 Å². The molecule has 2 amide bonds. The van der Waals surface area contributed by atoms with Crippen molar-refractivity contribution in [2.45, 2.75) is 38.8 Å². The summed E-state index contributed by atoms with van der Waals surface area (Å²) in [6.45, 7) is 4.71. The molecule has 0 saturated carbocycles. The summed E-state index contributed by atoms with van der Waals surface area (Å²) >= 11 is 0. The molecule has 2 saturated heterocycles. The maximum Gasteiger partial charge on any atom is 0.321 e. The molecule has 1 aromatic rings. The third kappa shape index (κ3) is 5.85. The number of hydrogen-bond acceptors (Lipinski definition) is 4. The van der Waals surface area contributed by atoms with E-state index in [0.717, 1.165) is 37.2 Å². The first kappa shape index (κ1) is 20.4. The van der Waals surface area contributed by atoms with Crippen LogP contribution in [0.3, 0.4) is 0 Å². The molecule has 1 atom stereocenters. The lowest BCUT2D eigenvalue weighted by molar-refractivity contribution is 0.222. The maximum atomic E-state index is 12.2. The summed E-state index contributed by atoms with van der Waals surface area (Å²) in [5.41, 5.74) is 1.72. The number of benzene rings is 1. The minimum atomic E-state index is -2.94. The van der Waals surface area contributed by atoms with Gasteiger partial charge in [0.2, 0.25) is 0 Å². The highest BCUT2D eigenvalue weighted by Gasteiger charge is 2.28. The summed E-state index contributed by atoms with van der Waals surface area (Å²) in [5.74, 6) is 0.981. The summed E-state index contributed by atoms with van der Waals surface area (Å²) in [6, 6.07) is 7.48. The van der Waals surface area contributed by atoms with E-state index in [1.807, 2.05) is 36.1 Å². The highest BCUT2D eigenvalue weighted by Crippen LogP contribution is 2.15. The Bertz CT molecular complexity index is 819. The standard InChI is InChI=1S/C19H29N5O3S/c1-2-20-18(22-17-8-11-28(26,27)14-17)21-13-15-6-5-7-16(12-15)23-19(25)24-9-3-4-10-24/h5-7,12,17H,2-4,8-11,13-14H2,1H3,(H,23,25)(H2,20,21,22). The van der Waals surface area contributed by atoms with Gasteiger partial charge in [-0.25, -0.2) is 18.2 Å². The Morgan fingerprint density at radius 1 is 1.29 bits per heavy atom. The molecule has 154 valence electrons. The van der Waals surface area contributed by atoms with Crippen molar-refractivity contribution in [1.82, 2.24) is 15.5 Å². The first-order valence-corrected chi connectivity index (χ1v) is 11.7. The SMILES string of the molecule is CCNC(=NCc1cccc(NC(=O)N2CCCC2)c1)NC1CCS(=O)(=O)C1. The van der Waals surface area contributed by atoms with E-state index < -0.39 is 9.84 Å². The molecule has 1 unspecified atom stereocenters. The molecule has 9 heteroatoms. The smallest absolute Gasteiger partial charge is 0.321 e. The fourth-order valence-electron chi connectivity index (χ4n) is 3.46. The fourth-order valence-corrected chi connectivity index (χ4v) is 5.14. The van der Waals surface area contributed by atoms with Gasteiger partial charge in [0.15, 0.2) is 15.8 Å². The topological polar surface area (TPSA) is 103 Å². The summed E-state index contributed by atoms with van der Waals surface area (Å²) in [5, 5.41) is 9.31. The number of aliphatic imine (C=N–C) groups is 1. The summed E-state index contributed by atoms with van der Waals surface area (Å²) in [6.07, 6.45) is 2.72. The van der Waals surface area contributed by atoms with Crippen LogP contribution in [0.5, 0.6) is 0 Å². The lowest BCUT2D eigenvalue weighted by atomic mass is 10.2. The van der Waals surface area contributed by atoms with Gasteiger partial charge < -0.3 is 20.9 Å². The van der Waals surface area contributed by atoms with E-state index in [1.165, 1.54) is 0 Å². The van der Waals surface area contributed by atoms with Gasteiger partial charge >= 0.3 is 6.03 Å². The summed E-state index contributed by atoms with van der Waals surface area (Å²) in [7, 11) is -2.94. The Morgan fingerprint density at radius 3 is 2.75 bits per heavy atom. The van der Waals surface area contributed by atoms with E-state index in [1.54, 1.807) is 0 Å². The zero-order valence-corrected chi connectivity index (χ0v) is 17.1. The number of rotatable bonds is 5. The predicted molar refractivity (Wildman–Crippen MR) is 111 cm³/mol. The Hall–Kier alpha value is -2.29. The first-order valence-electron chi connectivity index (χ1n) is 9.85. The van der Waals surface area contributed by atoms with E-state index in [4.69, 9.17) is 0 Å². The second-order valence-electron chi connectivity index (χ2n) is 7.26. The van der Waals surface area contributed by atoms with Crippen molar-refractivity contribution in [2.75, 3.05) is 36.5 Å². The van der Waals surface area contributed by atoms with Crippen LogP contribution in [0.2, 0.25) is 0 Å². The van der Waals surface area contributed by atoms with Crippen LogP contribution in [-0.4, -0.2) is 62.5 Å². The molecular weight excluding hydrogens is 378 g/mol. The van der Waals surface area contributed by atoms with E-state index >= 15 is 0 Å². The number of carbonyl (C=O) groups excluding carboxylic acids is 1. The third-order valence-corrected chi connectivity index (χ3v) is 6.68. The number of nitrogens with zero attached hydrogens (tertiary/aromatic N) is 2. The van der Waals surface area contributed by atoms with Crippen LogP contribution in [-0.2, 0) is 16.4 Å². The predicted octanol–water partition coefficient (Wildman–Crippen LogP) is 1.56. The van der Waals surface area contributed by atoms with Gasteiger partial charge in [-0.1, -0.05) is 12.1 Å². The molecule has 2 aliphatic rings. The number of carbonyl (C=O) groups is 1. The Morgan fingerprint density at radius 2 is 2.07 bits per heavy atom. The summed E-state index contributed by atoms with van der Waals surface area (Å²) in [4.78, 5) is 18.6. The molecule has 2 fully saturated rings. The largest absolute Gasteiger partial charge is 0.357 e. The summed E-state index contributed by atoms with van der Waals surface area (Å²) < 4.78 is 23.3. The van der Waals surface area contributed by atoms with Crippen LogP contribution in [0, 0.1) is 0 Å². The van der Waals surface area contributed by atoms with Crippen molar-refractivity contribution in [2.24, 2.45) is 4.99 Å². The van der Waals surface area contributed by atoms with E-state index in [0.29, 0.717) is 25.5 Å². The quantitative estimate of drug-likeness (QED) is 0.508. The molecule has 0 bridgehead atoms. The zero-order chi connectivity index (χ0) is 20.0. The Kier molecular flexibility index (Phi) is 6.77. The third-order valence-electron chi connectivity index (χ3n) is 4.91. The van der Waals surface area contributed by atoms with Gasteiger partial charge in [-0.2, -0.15) is 0 Å². The van der Waals surface area contributed by atoms with Crippen LogP contribution in [0.25, 0.3) is 0 Å². The van der Waals surface area contributed by atoms with Crippen LogP contribution in [0.15, 0.2) is 29.3 Å². The number of hydrogen-bond donors (Lipinski definition) is 3. The van der Waals surface area contributed by atoms with Gasteiger partial charge in [0.25, 0.3) is 0 Å². The van der Waals surface area contributed by atoms with Gasteiger partial charge in [-0.05, 0) is 43.9 Å². The average molecular weight is 408 g/mol. The van der Waals surface area contributed by atoms with Crippen molar-refractivity contribution >= 4 is 27.5 Å². The lowest BCUT2D eigenvalue weighted by Gasteiger charge is -2.17. The second kappa shape index (κ2) is 9.27. The average Bonchev–Trinajstić information content (AvgIpc) is 3.30. The molecule has 2 aliphatic heterocycles. The number of amides is 2. The molecule has 28 heavy (non-hydrogen) atoms. The van der Waals surface area contributed by atoms with Crippen LogP contribution < -0.4 is 16.0 Å².